The van der Waals surface area contributed by atoms with Crippen molar-refractivity contribution in [2.75, 3.05) is 0 Å². The van der Waals surface area contributed by atoms with Gasteiger partial charge in [-0.15, -0.1) is 5.10 Å². The Hall–Kier alpha value is -2.76. The molecule has 0 bridgehead atoms. The van der Waals surface area contributed by atoms with Crippen molar-refractivity contribution in [1.82, 2.24) is 15.0 Å². The van der Waals surface area contributed by atoms with Crippen molar-refractivity contribution >= 4 is 17.8 Å². The van der Waals surface area contributed by atoms with Crippen LogP contribution in [0.5, 0.6) is 0 Å². The van der Waals surface area contributed by atoms with Crippen LogP contribution in [0.2, 0.25) is 0 Å². The molecule has 0 spiro atoms. The van der Waals surface area contributed by atoms with Gasteiger partial charge in [-0.2, -0.15) is 0 Å². The maximum Gasteiger partial charge on any atom is 0.335 e. The molecule has 1 heterocycles. The molecule has 1 aromatic heterocycles. The van der Waals surface area contributed by atoms with Gasteiger partial charge in [0.2, 0.25) is 0 Å². The Morgan fingerprint density at radius 1 is 1.36 bits per heavy atom. The lowest BCUT2D eigenvalue weighted by atomic mass is 9.97. The summed E-state index contributed by atoms with van der Waals surface area (Å²) in [4.78, 5) is 23.7. The lowest BCUT2D eigenvalue weighted by Gasteiger charge is -2.06. The Morgan fingerprint density at radius 2 is 2.18 bits per heavy atom. The predicted octanol–water partition coefficient (Wildman–Crippen LogP) is 2.12. The molecule has 112 valence electrons. The van der Waals surface area contributed by atoms with Crippen LogP contribution in [-0.4, -0.2) is 31.9 Å². The van der Waals surface area contributed by atoms with Gasteiger partial charge in [-0.3, -0.25) is 4.79 Å². The Balaban J connectivity index is 2.02. The third-order valence-corrected chi connectivity index (χ3v) is 3.85. The Bertz CT molecular complexity index is 790. The number of ketones is 1. The van der Waals surface area contributed by atoms with Gasteiger partial charge in [0.1, 0.15) is 0 Å². The Morgan fingerprint density at radius 3 is 2.86 bits per heavy atom. The number of Topliss-reactive ketones (excluding diaryl/α,β-unsaturated/α-hetero) is 1. The van der Waals surface area contributed by atoms with E-state index in [0.717, 1.165) is 17.7 Å². The molecule has 1 aliphatic rings. The summed E-state index contributed by atoms with van der Waals surface area (Å²) in [5, 5.41) is 16.7. The van der Waals surface area contributed by atoms with E-state index in [-0.39, 0.29) is 11.3 Å². The third kappa shape index (κ3) is 2.55. The number of hydrogen-bond donors (Lipinski definition) is 1. The highest BCUT2D eigenvalue weighted by Crippen LogP contribution is 2.26. The zero-order valence-corrected chi connectivity index (χ0v) is 12.1. The van der Waals surface area contributed by atoms with E-state index in [4.69, 9.17) is 5.11 Å². The molecular weight excluding hydrogens is 282 g/mol. The van der Waals surface area contributed by atoms with Gasteiger partial charge >= 0.3 is 5.97 Å². The van der Waals surface area contributed by atoms with Crippen molar-refractivity contribution in [3.8, 4) is 0 Å². The van der Waals surface area contributed by atoms with Crippen molar-refractivity contribution in [3.05, 3.63) is 52.4 Å². The summed E-state index contributed by atoms with van der Waals surface area (Å²) in [6.07, 6.45) is 5.57. The van der Waals surface area contributed by atoms with E-state index in [0.29, 0.717) is 24.0 Å². The van der Waals surface area contributed by atoms with Crippen LogP contribution >= 0.6 is 0 Å². The molecule has 1 aromatic carbocycles. The number of carbonyl (C=O) groups excluding carboxylic acids is 1. The number of rotatable bonds is 2. The zero-order valence-electron chi connectivity index (χ0n) is 12.1. The Labute approximate surface area is 127 Å². The molecule has 1 N–H and O–H groups in total. The molecule has 6 nitrogen and oxygen atoms in total. The van der Waals surface area contributed by atoms with Crippen LogP contribution in [-0.2, 0) is 13.5 Å². The van der Waals surface area contributed by atoms with Gasteiger partial charge in [-0.25, -0.2) is 9.48 Å². The standard InChI is InChI=1S/C16H15N3O3/c1-19-13(9-17-18-19)8-11-4-2-3-10-7-12(16(21)22)5-6-14(10)15(11)20/h5-9H,2-4H2,1H3,(H,21,22). The molecule has 0 radical (unpaired) electrons. The summed E-state index contributed by atoms with van der Waals surface area (Å²) >= 11 is 0. The number of allylic oxidation sites excluding steroid dienone is 1. The fourth-order valence-electron chi connectivity index (χ4n) is 2.66. The first kappa shape index (κ1) is 14.2. The third-order valence-electron chi connectivity index (χ3n) is 3.85. The number of nitrogens with zero attached hydrogens (tertiary/aromatic N) is 3. The molecule has 0 unspecified atom stereocenters. The van der Waals surface area contributed by atoms with Crippen molar-refractivity contribution < 1.29 is 14.7 Å². The lowest BCUT2D eigenvalue weighted by Crippen LogP contribution is -2.06. The van der Waals surface area contributed by atoms with Crippen LogP contribution in [0.25, 0.3) is 6.08 Å². The minimum atomic E-state index is -0.976. The van der Waals surface area contributed by atoms with Gasteiger partial charge in [0, 0.05) is 18.2 Å². The summed E-state index contributed by atoms with van der Waals surface area (Å²) in [6.45, 7) is 0. The number of carbonyl (C=O) groups is 2. The SMILES string of the molecule is Cn1nncc1C=C1CCCc2cc(C(=O)O)ccc2C1=O. The van der Waals surface area contributed by atoms with Crippen molar-refractivity contribution in [2.45, 2.75) is 19.3 Å². The molecule has 0 saturated heterocycles. The number of carboxylic acids is 1. The molecule has 0 fully saturated rings. The van der Waals surface area contributed by atoms with Gasteiger partial charge in [-0.05, 0) is 49.1 Å². The Kier molecular flexibility index (Phi) is 3.58. The van der Waals surface area contributed by atoms with E-state index in [9.17, 15) is 9.59 Å². The highest BCUT2D eigenvalue weighted by atomic mass is 16.4. The average molecular weight is 297 g/mol. The number of benzene rings is 1. The number of aryl methyl sites for hydroxylation is 2. The number of carboxylic acid groups (broad SMARTS) is 1. The minimum absolute atomic E-state index is 0.0503. The van der Waals surface area contributed by atoms with Crippen LogP contribution in [0.3, 0.4) is 0 Å². The molecule has 0 amide bonds. The second-order valence-electron chi connectivity index (χ2n) is 5.31. The quantitative estimate of drug-likeness (QED) is 0.678. The summed E-state index contributed by atoms with van der Waals surface area (Å²) in [5.41, 5.74) is 3.08. The van der Waals surface area contributed by atoms with Gasteiger partial charge in [0.05, 0.1) is 17.5 Å². The molecule has 0 saturated carbocycles. The topological polar surface area (TPSA) is 85.1 Å². The van der Waals surface area contributed by atoms with Gasteiger partial charge < -0.3 is 5.11 Å². The largest absolute Gasteiger partial charge is 0.478 e. The van der Waals surface area contributed by atoms with Crippen LogP contribution in [0.4, 0.5) is 0 Å². The van der Waals surface area contributed by atoms with Gasteiger partial charge in [0.25, 0.3) is 0 Å². The fourth-order valence-corrected chi connectivity index (χ4v) is 2.66. The highest BCUT2D eigenvalue weighted by molar-refractivity contribution is 6.12. The van der Waals surface area contributed by atoms with Crippen LogP contribution in [0.1, 0.15) is 44.8 Å². The van der Waals surface area contributed by atoms with Crippen molar-refractivity contribution in [1.29, 1.82) is 0 Å². The lowest BCUT2D eigenvalue weighted by molar-refractivity contribution is 0.0696. The number of hydrogen-bond acceptors (Lipinski definition) is 4. The second kappa shape index (κ2) is 5.55. The fraction of sp³-hybridized carbons (Fsp3) is 0.250. The van der Waals surface area contributed by atoms with Crippen molar-refractivity contribution in [3.63, 3.8) is 0 Å². The number of aromatic carboxylic acids is 1. The van der Waals surface area contributed by atoms with Crippen LogP contribution in [0.15, 0.2) is 30.0 Å². The van der Waals surface area contributed by atoms with E-state index >= 15 is 0 Å². The first-order chi connectivity index (χ1) is 10.6. The molecular formula is C16H15N3O3. The monoisotopic (exact) mass is 297 g/mol. The maximum atomic E-state index is 12.7. The summed E-state index contributed by atoms with van der Waals surface area (Å²) < 4.78 is 1.61. The van der Waals surface area contributed by atoms with E-state index in [1.807, 2.05) is 6.08 Å². The van der Waals surface area contributed by atoms with Crippen molar-refractivity contribution in [2.24, 2.45) is 7.05 Å². The molecule has 3 rings (SSSR count). The van der Waals surface area contributed by atoms with E-state index in [1.165, 1.54) is 6.07 Å². The van der Waals surface area contributed by atoms with E-state index in [1.54, 1.807) is 30.1 Å². The van der Waals surface area contributed by atoms with E-state index < -0.39 is 5.97 Å². The molecule has 6 heteroatoms. The average Bonchev–Trinajstić information content (AvgIpc) is 2.83. The zero-order chi connectivity index (χ0) is 15.7. The first-order valence-electron chi connectivity index (χ1n) is 7.02. The molecule has 1 aliphatic carbocycles. The molecule has 0 aliphatic heterocycles. The van der Waals surface area contributed by atoms with Gasteiger partial charge in [-0.1, -0.05) is 5.21 Å². The van der Waals surface area contributed by atoms with Gasteiger partial charge in [0.15, 0.2) is 5.78 Å². The predicted molar refractivity (Wildman–Crippen MR) is 79.6 cm³/mol. The summed E-state index contributed by atoms with van der Waals surface area (Å²) in [7, 11) is 1.77. The number of fused-ring (bicyclic) bond motifs is 1. The normalized spacial score (nSPS) is 16.4. The molecule has 0 atom stereocenters. The highest BCUT2D eigenvalue weighted by Gasteiger charge is 2.21. The van der Waals surface area contributed by atoms with Crippen LogP contribution < -0.4 is 0 Å². The smallest absolute Gasteiger partial charge is 0.335 e. The minimum Gasteiger partial charge on any atom is -0.478 e. The number of aromatic nitrogens is 3. The summed E-state index contributed by atoms with van der Waals surface area (Å²) in [6, 6.07) is 4.69. The van der Waals surface area contributed by atoms with E-state index in [2.05, 4.69) is 10.3 Å². The molecule has 22 heavy (non-hydrogen) atoms. The van der Waals surface area contributed by atoms with Crippen LogP contribution in [0, 0.1) is 0 Å². The maximum absolute atomic E-state index is 12.7. The second-order valence-corrected chi connectivity index (χ2v) is 5.31. The molecule has 2 aromatic rings. The first-order valence-corrected chi connectivity index (χ1v) is 7.02. The summed E-state index contributed by atoms with van der Waals surface area (Å²) in [5.74, 6) is -1.03.